The Morgan fingerprint density at radius 1 is 1.12 bits per heavy atom. The molecule has 0 radical (unpaired) electrons. The van der Waals surface area contributed by atoms with E-state index in [4.69, 9.17) is 5.10 Å². The monoisotopic (exact) mass is 355 g/mol. The molecule has 2 fully saturated rings. The lowest BCUT2D eigenvalue weighted by Gasteiger charge is -2.22. The molecule has 1 N–H and O–H groups in total. The van der Waals surface area contributed by atoms with Gasteiger partial charge >= 0.3 is 5.69 Å². The van der Waals surface area contributed by atoms with Crippen molar-refractivity contribution in [1.82, 2.24) is 24.6 Å². The Morgan fingerprint density at radius 2 is 1.88 bits per heavy atom. The minimum Gasteiger partial charge on any atom is -0.317 e. The largest absolute Gasteiger partial charge is 0.350 e. The van der Waals surface area contributed by atoms with Crippen molar-refractivity contribution in [3.63, 3.8) is 0 Å². The molecule has 140 valence electrons. The number of para-hydroxylation sites is 1. The Kier molecular flexibility index (Phi) is 5.22. The van der Waals surface area contributed by atoms with Crippen LogP contribution in [0.2, 0.25) is 0 Å². The molecule has 1 aromatic heterocycles. The summed E-state index contributed by atoms with van der Waals surface area (Å²) in [6.07, 6.45) is 4.33. The fourth-order valence-electron chi connectivity index (χ4n) is 4.30. The summed E-state index contributed by atoms with van der Waals surface area (Å²) in [5, 5.41) is 8.21. The molecule has 0 unspecified atom stereocenters. The van der Waals surface area contributed by atoms with Crippen LogP contribution in [0.5, 0.6) is 0 Å². The fraction of sp³-hybridized carbons (Fsp3) is 0.600. The van der Waals surface area contributed by atoms with E-state index in [1.165, 1.54) is 0 Å². The Balaban J connectivity index is 1.64. The summed E-state index contributed by atoms with van der Waals surface area (Å²) in [4.78, 5) is 15.5. The van der Waals surface area contributed by atoms with E-state index in [1.807, 2.05) is 34.9 Å². The van der Waals surface area contributed by atoms with E-state index in [1.54, 1.807) is 4.68 Å². The van der Waals surface area contributed by atoms with E-state index in [2.05, 4.69) is 17.3 Å². The van der Waals surface area contributed by atoms with Crippen molar-refractivity contribution in [3.8, 4) is 5.69 Å². The molecule has 2 aliphatic heterocycles. The van der Waals surface area contributed by atoms with Crippen LogP contribution in [0.15, 0.2) is 35.1 Å². The summed E-state index contributed by atoms with van der Waals surface area (Å²) < 4.78 is 3.55. The molecule has 2 saturated heterocycles. The Morgan fingerprint density at radius 3 is 2.58 bits per heavy atom. The van der Waals surface area contributed by atoms with Crippen molar-refractivity contribution in [1.29, 1.82) is 0 Å². The van der Waals surface area contributed by atoms with Gasteiger partial charge in [0.2, 0.25) is 0 Å². The van der Waals surface area contributed by atoms with Gasteiger partial charge in [-0.15, -0.1) is 0 Å². The highest BCUT2D eigenvalue weighted by Gasteiger charge is 2.24. The molecule has 0 spiro atoms. The van der Waals surface area contributed by atoms with Gasteiger partial charge in [0.1, 0.15) is 5.82 Å². The predicted molar refractivity (Wildman–Crippen MR) is 103 cm³/mol. The van der Waals surface area contributed by atoms with Crippen LogP contribution in [-0.2, 0) is 13.0 Å². The molecule has 4 rings (SSSR count). The normalized spacial score (nSPS) is 22.1. The van der Waals surface area contributed by atoms with Gasteiger partial charge in [0, 0.05) is 13.0 Å². The van der Waals surface area contributed by atoms with E-state index < -0.39 is 0 Å². The van der Waals surface area contributed by atoms with E-state index in [0.717, 1.165) is 69.9 Å². The number of rotatable bonds is 5. The maximum atomic E-state index is 13.1. The van der Waals surface area contributed by atoms with Crippen molar-refractivity contribution < 1.29 is 0 Å². The van der Waals surface area contributed by atoms with E-state index in [9.17, 15) is 4.79 Å². The molecule has 0 saturated carbocycles. The van der Waals surface area contributed by atoms with Gasteiger partial charge < -0.3 is 10.2 Å². The van der Waals surface area contributed by atoms with Crippen LogP contribution in [0.3, 0.4) is 0 Å². The first-order valence-corrected chi connectivity index (χ1v) is 9.84. The van der Waals surface area contributed by atoms with Crippen molar-refractivity contribution in [2.24, 2.45) is 11.8 Å². The third-order valence-corrected chi connectivity index (χ3v) is 5.77. The van der Waals surface area contributed by atoms with Crippen LogP contribution in [0.1, 0.15) is 25.1 Å². The number of piperidine rings is 1. The van der Waals surface area contributed by atoms with Crippen LogP contribution in [0, 0.1) is 11.8 Å². The summed E-state index contributed by atoms with van der Waals surface area (Å²) >= 11 is 0. The number of hydrogen-bond donors (Lipinski definition) is 1. The molecule has 6 nitrogen and oxygen atoms in total. The zero-order valence-electron chi connectivity index (χ0n) is 15.6. The van der Waals surface area contributed by atoms with Crippen molar-refractivity contribution in [2.45, 2.75) is 32.2 Å². The minimum atomic E-state index is 0.00897. The lowest BCUT2D eigenvalue weighted by atomic mass is 9.94. The number of hydrogen-bond acceptors (Lipinski definition) is 4. The Bertz CT molecular complexity index is 775. The molecule has 2 aliphatic rings. The minimum absolute atomic E-state index is 0.00897. The second kappa shape index (κ2) is 7.76. The zero-order valence-corrected chi connectivity index (χ0v) is 15.6. The molecular formula is C20H29N5O. The Hall–Kier alpha value is -1.92. The molecule has 2 aromatic rings. The van der Waals surface area contributed by atoms with Crippen LogP contribution in [0.25, 0.3) is 5.69 Å². The summed E-state index contributed by atoms with van der Waals surface area (Å²) in [7, 11) is 2.15. The fourth-order valence-corrected chi connectivity index (χ4v) is 4.30. The highest BCUT2D eigenvalue weighted by atomic mass is 16.2. The lowest BCUT2D eigenvalue weighted by Crippen LogP contribution is -2.30. The van der Waals surface area contributed by atoms with Gasteiger partial charge in [-0.3, -0.25) is 0 Å². The number of likely N-dealkylation sites (tertiary alicyclic amines) is 1. The Labute approximate surface area is 154 Å². The molecular weight excluding hydrogens is 326 g/mol. The van der Waals surface area contributed by atoms with Gasteiger partial charge in [0.05, 0.1) is 12.2 Å². The lowest BCUT2D eigenvalue weighted by molar-refractivity contribution is 0.358. The van der Waals surface area contributed by atoms with Crippen LogP contribution in [-0.4, -0.2) is 52.5 Å². The van der Waals surface area contributed by atoms with Crippen LogP contribution < -0.4 is 11.0 Å². The number of nitrogens with zero attached hydrogens (tertiary/aromatic N) is 4. The van der Waals surface area contributed by atoms with E-state index in [0.29, 0.717) is 11.8 Å². The van der Waals surface area contributed by atoms with Crippen molar-refractivity contribution >= 4 is 0 Å². The molecule has 0 bridgehead atoms. The second-order valence-electron chi connectivity index (χ2n) is 7.87. The van der Waals surface area contributed by atoms with E-state index in [-0.39, 0.29) is 5.69 Å². The third-order valence-electron chi connectivity index (χ3n) is 5.77. The summed E-state index contributed by atoms with van der Waals surface area (Å²) in [5.41, 5.74) is 0.936. The number of aromatic nitrogens is 3. The van der Waals surface area contributed by atoms with Gasteiger partial charge in [0.25, 0.3) is 0 Å². The average Bonchev–Trinajstić information content (AvgIpc) is 3.20. The summed E-state index contributed by atoms with van der Waals surface area (Å²) in [6, 6.07) is 9.96. The van der Waals surface area contributed by atoms with Gasteiger partial charge in [-0.1, -0.05) is 18.2 Å². The first-order chi connectivity index (χ1) is 12.7. The summed E-state index contributed by atoms with van der Waals surface area (Å²) in [6.45, 7) is 5.02. The van der Waals surface area contributed by atoms with Gasteiger partial charge in [-0.05, 0) is 69.9 Å². The molecule has 3 heterocycles. The van der Waals surface area contributed by atoms with E-state index >= 15 is 0 Å². The molecule has 6 heteroatoms. The maximum Gasteiger partial charge on any atom is 0.350 e. The summed E-state index contributed by atoms with van der Waals surface area (Å²) in [5.74, 6) is 2.04. The van der Waals surface area contributed by atoms with Crippen molar-refractivity contribution in [3.05, 3.63) is 46.6 Å². The van der Waals surface area contributed by atoms with Crippen LogP contribution >= 0.6 is 0 Å². The van der Waals surface area contributed by atoms with Crippen molar-refractivity contribution in [2.75, 3.05) is 33.2 Å². The smallest absolute Gasteiger partial charge is 0.317 e. The number of nitrogens with one attached hydrogen (secondary N) is 1. The standard InChI is InChI=1S/C20H29N5O/c1-23-12-9-17(14-23)15-24-20(26)25(18-5-3-2-4-6-18)19(22-24)13-16-7-10-21-11-8-16/h2-6,16-17,21H,7-15H2,1H3/t17-/m0/s1. The highest BCUT2D eigenvalue weighted by Crippen LogP contribution is 2.20. The average molecular weight is 355 g/mol. The van der Waals surface area contributed by atoms with Gasteiger partial charge in [0.15, 0.2) is 0 Å². The predicted octanol–water partition coefficient (Wildman–Crippen LogP) is 1.53. The molecule has 26 heavy (non-hydrogen) atoms. The molecule has 0 amide bonds. The first-order valence-electron chi connectivity index (χ1n) is 9.84. The van der Waals surface area contributed by atoms with Gasteiger partial charge in [-0.25, -0.2) is 14.0 Å². The molecule has 1 aromatic carbocycles. The van der Waals surface area contributed by atoms with Gasteiger partial charge in [-0.2, -0.15) is 5.10 Å². The quantitative estimate of drug-likeness (QED) is 0.884. The number of benzene rings is 1. The zero-order chi connectivity index (χ0) is 17.9. The SMILES string of the molecule is CN1CC[C@H](Cn2nc(CC3CCNCC3)n(-c3ccccc3)c2=O)C1. The molecule has 1 atom stereocenters. The highest BCUT2D eigenvalue weighted by molar-refractivity contribution is 5.32. The maximum absolute atomic E-state index is 13.1. The second-order valence-corrected chi connectivity index (χ2v) is 7.87. The third kappa shape index (κ3) is 3.76. The van der Waals surface area contributed by atoms with Crippen LogP contribution in [0.4, 0.5) is 0 Å². The topological polar surface area (TPSA) is 55.1 Å². The first kappa shape index (κ1) is 17.5. The molecule has 0 aliphatic carbocycles.